The summed E-state index contributed by atoms with van der Waals surface area (Å²) < 4.78 is 5.88. The van der Waals surface area contributed by atoms with Gasteiger partial charge in [-0.1, -0.05) is 19.1 Å². The number of ether oxygens (including phenoxy) is 1. The average Bonchev–Trinajstić information content (AvgIpc) is 2.89. The van der Waals surface area contributed by atoms with Gasteiger partial charge in [-0.2, -0.15) is 0 Å². The zero-order valence-corrected chi connectivity index (χ0v) is 13.2. The number of likely N-dealkylation sites (N-methyl/N-ethyl adjacent to an activating group) is 1. The van der Waals surface area contributed by atoms with Crippen LogP contribution in [0.4, 0.5) is 0 Å². The Morgan fingerprint density at radius 1 is 1.43 bits per heavy atom. The Bertz CT molecular complexity index is 488. The topological polar surface area (TPSA) is 50.4 Å². The molecule has 2 N–H and O–H groups in total. The Hall–Kier alpha value is -1.55. The van der Waals surface area contributed by atoms with Crippen LogP contribution in [-0.2, 0) is 11.2 Å². The SMILES string of the molecule is CCCNC1CCc2c(OC(C)C(=O)NCC)cccc21. The molecule has 0 aliphatic heterocycles. The van der Waals surface area contributed by atoms with Crippen molar-refractivity contribution in [3.8, 4) is 5.75 Å². The molecule has 2 rings (SSSR count). The van der Waals surface area contributed by atoms with E-state index in [0.717, 1.165) is 31.6 Å². The van der Waals surface area contributed by atoms with Crippen LogP contribution in [0.1, 0.15) is 50.8 Å². The second kappa shape index (κ2) is 7.46. The van der Waals surface area contributed by atoms with Crippen LogP contribution < -0.4 is 15.4 Å². The molecule has 0 heterocycles. The molecule has 0 fully saturated rings. The van der Waals surface area contributed by atoms with Gasteiger partial charge in [0, 0.05) is 12.6 Å². The van der Waals surface area contributed by atoms with E-state index < -0.39 is 6.10 Å². The summed E-state index contributed by atoms with van der Waals surface area (Å²) in [6.07, 6.45) is 2.79. The van der Waals surface area contributed by atoms with Crippen LogP contribution in [0.2, 0.25) is 0 Å². The third kappa shape index (κ3) is 3.76. The normalized spacial score (nSPS) is 18.1. The summed E-state index contributed by atoms with van der Waals surface area (Å²) in [7, 11) is 0. The number of nitrogens with one attached hydrogen (secondary N) is 2. The fourth-order valence-electron chi connectivity index (χ4n) is 2.82. The lowest BCUT2D eigenvalue weighted by Crippen LogP contribution is -2.36. The molecule has 1 aliphatic carbocycles. The van der Waals surface area contributed by atoms with Gasteiger partial charge >= 0.3 is 0 Å². The smallest absolute Gasteiger partial charge is 0.260 e. The number of carbonyl (C=O) groups is 1. The van der Waals surface area contributed by atoms with Crippen LogP contribution in [0.15, 0.2) is 18.2 Å². The first-order valence-electron chi connectivity index (χ1n) is 7.96. The van der Waals surface area contributed by atoms with Crippen molar-refractivity contribution in [2.75, 3.05) is 13.1 Å². The molecular weight excluding hydrogens is 264 g/mol. The minimum absolute atomic E-state index is 0.0613. The highest BCUT2D eigenvalue weighted by molar-refractivity contribution is 5.80. The van der Waals surface area contributed by atoms with E-state index in [1.807, 2.05) is 19.1 Å². The van der Waals surface area contributed by atoms with Gasteiger partial charge in [0.15, 0.2) is 6.10 Å². The van der Waals surface area contributed by atoms with Gasteiger partial charge in [0.1, 0.15) is 5.75 Å². The number of carbonyl (C=O) groups excluding carboxylic acids is 1. The second-order valence-electron chi connectivity index (χ2n) is 5.52. The van der Waals surface area contributed by atoms with E-state index in [1.54, 1.807) is 6.92 Å². The van der Waals surface area contributed by atoms with Gasteiger partial charge in [-0.05, 0) is 56.8 Å². The first-order valence-corrected chi connectivity index (χ1v) is 7.96. The summed E-state index contributed by atoms with van der Waals surface area (Å²) in [6, 6.07) is 6.57. The van der Waals surface area contributed by atoms with Crippen molar-refractivity contribution in [2.45, 2.75) is 52.2 Å². The summed E-state index contributed by atoms with van der Waals surface area (Å²) in [5, 5.41) is 6.37. The molecular formula is C17H26N2O2. The average molecular weight is 290 g/mol. The minimum Gasteiger partial charge on any atom is -0.481 e. The summed E-state index contributed by atoms with van der Waals surface area (Å²) in [5.41, 5.74) is 2.58. The van der Waals surface area contributed by atoms with Gasteiger partial charge in [-0.3, -0.25) is 4.79 Å². The lowest BCUT2D eigenvalue weighted by atomic mass is 10.1. The second-order valence-corrected chi connectivity index (χ2v) is 5.52. The first kappa shape index (κ1) is 15.8. The van der Waals surface area contributed by atoms with Crippen LogP contribution in [0.5, 0.6) is 5.75 Å². The summed E-state index contributed by atoms with van der Waals surface area (Å²) in [6.45, 7) is 7.55. The highest BCUT2D eigenvalue weighted by Gasteiger charge is 2.26. The van der Waals surface area contributed by atoms with Gasteiger partial charge in [0.2, 0.25) is 0 Å². The quantitative estimate of drug-likeness (QED) is 0.811. The van der Waals surface area contributed by atoms with E-state index in [-0.39, 0.29) is 5.91 Å². The summed E-state index contributed by atoms with van der Waals surface area (Å²) >= 11 is 0. The van der Waals surface area contributed by atoms with Crippen molar-refractivity contribution in [1.82, 2.24) is 10.6 Å². The van der Waals surface area contributed by atoms with Gasteiger partial charge in [0.25, 0.3) is 5.91 Å². The number of rotatable bonds is 7. The fraction of sp³-hybridized carbons (Fsp3) is 0.588. The molecule has 0 bridgehead atoms. The zero-order valence-electron chi connectivity index (χ0n) is 13.2. The van der Waals surface area contributed by atoms with E-state index >= 15 is 0 Å². The molecule has 0 aromatic heterocycles. The number of hydrogen-bond acceptors (Lipinski definition) is 3. The molecule has 116 valence electrons. The van der Waals surface area contributed by atoms with Crippen LogP contribution in [0.25, 0.3) is 0 Å². The first-order chi connectivity index (χ1) is 10.2. The molecule has 1 aliphatic rings. The molecule has 2 unspecified atom stereocenters. The molecule has 1 aromatic carbocycles. The van der Waals surface area contributed by atoms with E-state index in [1.165, 1.54) is 11.1 Å². The molecule has 0 spiro atoms. The highest BCUT2D eigenvalue weighted by atomic mass is 16.5. The van der Waals surface area contributed by atoms with Crippen molar-refractivity contribution >= 4 is 5.91 Å². The van der Waals surface area contributed by atoms with E-state index in [4.69, 9.17) is 4.74 Å². The van der Waals surface area contributed by atoms with Gasteiger partial charge in [-0.15, -0.1) is 0 Å². The van der Waals surface area contributed by atoms with Gasteiger partial charge < -0.3 is 15.4 Å². The van der Waals surface area contributed by atoms with Crippen molar-refractivity contribution in [3.05, 3.63) is 29.3 Å². The number of fused-ring (bicyclic) bond motifs is 1. The van der Waals surface area contributed by atoms with E-state index in [0.29, 0.717) is 12.6 Å². The van der Waals surface area contributed by atoms with E-state index in [2.05, 4.69) is 23.6 Å². The van der Waals surface area contributed by atoms with Gasteiger partial charge in [0.05, 0.1) is 0 Å². The maximum absolute atomic E-state index is 11.8. The molecule has 0 radical (unpaired) electrons. The monoisotopic (exact) mass is 290 g/mol. The van der Waals surface area contributed by atoms with Crippen molar-refractivity contribution in [1.29, 1.82) is 0 Å². The molecule has 1 amide bonds. The number of benzene rings is 1. The maximum Gasteiger partial charge on any atom is 0.260 e. The third-order valence-electron chi connectivity index (χ3n) is 3.89. The summed E-state index contributed by atoms with van der Waals surface area (Å²) in [4.78, 5) is 11.8. The largest absolute Gasteiger partial charge is 0.481 e. The highest BCUT2D eigenvalue weighted by Crippen LogP contribution is 2.37. The Labute approximate surface area is 127 Å². The minimum atomic E-state index is -0.459. The van der Waals surface area contributed by atoms with Crippen molar-refractivity contribution in [3.63, 3.8) is 0 Å². The predicted molar refractivity (Wildman–Crippen MR) is 84.6 cm³/mol. The fourth-order valence-corrected chi connectivity index (χ4v) is 2.82. The van der Waals surface area contributed by atoms with E-state index in [9.17, 15) is 4.79 Å². The predicted octanol–water partition coefficient (Wildman–Crippen LogP) is 2.58. The molecule has 4 heteroatoms. The van der Waals surface area contributed by atoms with Crippen LogP contribution in [0.3, 0.4) is 0 Å². The van der Waals surface area contributed by atoms with Crippen LogP contribution >= 0.6 is 0 Å². The van der Waals surface area contributed by atoms with Gasteiger partial charge in [-0.25, -0.2) is 0 Å². The Balaban J connectivity index is 2.09. The molecule has 1 aromatic rings. The van der Waals surface area contributed by atoms with Crippen LogP contribution in [-0.4, -0.2) is 25.1 Å². The zero-order chi connectivity index (χ0) is 15.2. The van der Waals surface area contributed by atoms with Crippen molar-refractivity contribution in [2.24, 2.45) is 0 Å². The van der Waals surface area contributed by atoms with Crippen molar-refractivity contribution < 1.29 is 9.53 Å². The Kier molecular flexibility index (Phi) is 5.62. The lowest BCUT2D eigenvalue weighted by molar-refractivity contribution is -0.127. The van der Waals surface area contributed by atoms with Crippen LogP contribution in [0, 0.1) is 0 Å². The standard InChI is InChI=1S/C17H26N2O2/c1-4-11-19-15-10-9-14-13(15)7-6-8-16(14)21-12(3)17(20)18-5-2/h6-8,12,15,19H,4-5,9-11H2,1-3H3,(H,18,20). The maximum atomic E-state index is 11.8. The molecule has 4 nitrogen and oxygen atoms in total. The third-order valence-corrected chi connectivity index (χ3v) is 3.89. The molecule has 0 saturated carbocycles. The lowest BCUT2D eigenvalue weighted by Gasteiger charge is -2.18. The summed E-state index contributed by atoms with van der Waals surface area (Å²) in [5.74, 6) is 0.792. The Morgan fingerprint density at radius 3 is 2.95 bits per heavy atom. The number of amides is 1. The Morgan fingerprint density at radius 2 is 2.24 bits per heavy atom. The molecule has 0 saturated heterocycles. The molecule has 21 heavy (non-hydrogen) atoms. The molecule has 2 atom stereocenters. The number of hydrogen-bond donors (Lipinski definition) is 2.